The summed E-state index contributed by atoms with van der Waals surface area (Å²) < 4.78 is 1.14. The highest BCUT2D eigenvalue weighted by Gasteiger charge is 2.20. The molecule has 0 fully saturated rings. The standard InChI is InChI=1S/C23H29N3OS2.ClH/c1-16-6-8-19(9-7-16)28-13-10-22(27)26(12-11-25(4)5)23-24-20-14-17(2)18(3)15-21(20)29-23;/h6-9,14-15H,10-13H2,1-5H3;1H. The van der Waals surface area contributed by atoms with Gasteiger partial charge in [-0.25, -0.2) is 4.98 Å². The quantitative estimate of drug-likeness (QED) is 0.400. The van der Waals surface area contributed by atoms with Crippen LogP contribution >= 0.6 is 35.5 Å². The Morgan fingerprint density at radius 2 is 1.70 bits per heavy atom. The summed E-state index contributed by atoms with van der Waals surface area (Å²) in [6.07, 6.45) is 0.500. The van der Waals surface area contributed by atoms with E-state index >= 15 is 0 Å². The van der Waals surface area contributed by atoms with Crippen molar-refractivity contribution in [2.45, 2.75) is 32.1 Å². The molecule has 0 unspecified atom stereocenters. The number of nitrogens with zero attached hydrogens (tertiary/aromatic N) is 3. The maximum atomic E-state index is 13.1. The molecule has 0 N–H and O–H groups in total. The van der Waals surface area contributed by atoms with E-state index in [1.165, 1.54) is 21.6 Å². The molecule has 3 rings (SSSR count). The Morgan fingerprint density at radius 1 is 1.03 bits per heavy atom. The zero-order chi connectivity index (χ0) is 21.0. The lowest BCUT2D eigenvalue weighted by Gasteiger charge is -2.22. The number of likely N-dealkylation sites (N-methyl/N-ethyl adjacent to an activating group) is 1. The van der Waals surface area contributed by atoms with Crippen molar-refractivity contribution in [2.75, 3.05) is 37.8 Å². The molecule has 30 heavy (non-hydrogen) atoms. The van der Waals surface area contributed by atoms with Crippen LogP contribution in [0.2, 0.25) is 0 Å². The second-order valence-electron chi connectivity index (χ2n) is 7.66. The highest BCUT2D eigenvalue weighted by molar-refractivity contribution is 7.99. The molecule has 4 nitrogen and oxygen atoms in total. The van der Waals surface area contributed by atoms with Crippen LogP contribution in [0.15, 0.2) is 41.3 Å². The fraction of sp³-hybridized carbons (Fsp3) is 0.391. The average Bonchev–Trinajstić information content (AvgIpc) is 3.06. The lowest BCUT2D eigenvalue weighted by molar-refractivity contribution is -0.118. The lowest BCUT2D eigenvalue weighted by Crippen LogP contribution is -2.36. The first-order valence-electron chi connectivity index (χ1n) is 9.86. The van der Waals surface area contributed by atoms with E-state index in [-0.39, 0.29) is 18.3 Å². The van der Waals surface area contributed by atoms with Crippen molar-refractivity contribution in [3.8, 4) is 0 Å². The Labute approximate surface area is 194 Å². The largest absolute Gasteiger partial charge is 0.308 e. The van der Waals surface area contributed by atoms with E-state index in [9.17, 15) is 4.79 Å². The summed E-state index contributed by atoms with van der Waals surface area (Å²) in [7, 11) is 4.06. The number of hydrogen-bond acceptors (Lipinski definition) is 5. The van der Waals surface area contributed by atoms with E-state index in [1.807, 2.05) is 19.0 Å². The topological polar surface area (TPSA) is 36.4 Å². The molecule has 162 valence electrons. The number of hydrogen-bond donors (Lipinski definition) is 0. The number of carbonyl (C=O) groups is 1. The predicted molar refractivity (Wildman–Crippen MR) is 134 cm³/mol. The number of aryl methyl sites for hydroxylation is 3. The van der Waals surface area contributed by atoms with Gasteiger partial charge in [-0.3, -0.25) is 9.69 Å². The smallest absolute Gasteiger partial charge is 0.229 e. The minimum atomic E-state index is 0. The monoisotopic (exact) mass is 463 g/mol. The van der Waals surface area contributed by atoms with E-state index in [0.717, 1.165) is 27.6 Å². The summed E-state index contributed by atoms with van der Waals surface area (Å²) in [6.45, 7) is 7.77. The van der Waals surface area contributed by atoms with E-state index in [2.05, 4.69) is 62.1 Å². The second kappa shape index (κ2) is 11.1. The first-order chi connectivity index (χ1) is 13.8. The Morgan fingerprint density at radius 3 is 2.37 bits per heavy atom. The summed E-state index contributed by atoms with van der Waals surface area (Å²) in [4.78, 5) is 23.0. The number of halogens is 1. The van der Waals surface area contributed by atoms with Gasteiger partial charge in [0.25, 0.3) is 0 Å². The lowest BCUT2D eigenvalue weighted by atomic mass is 10.1. The first kappa shape index (κ1) is 24.7. The number of carbonyl (C=O) groups excluding carboxylic acids is 1. The van der Waals surface area contributed by atoms with Gasteiger partial charge in [0.05, 0.1) is 10.2 Å². The molecule has 0 spiro atoms. The maximum absolute atomic E-state index is 13.1. The Hall–Kier alpha value is -1.60. The van der Waals surface area contributed by atoms with Crippen LogP contribution < -0.4 is 4.90 Å². The number of rotatable bonds is 8. The molecule has 0 aliphatic rings. The summed E-state index contributed by atoms with van der Waals surface area (Å²) in [5.74, 6) is 0.905. The van der Waals surface area contributed by atoms with Crippen LogP contribution in [0.1, 0.15) is 23.1 Å². The van der Waals surface area contributed by atoms with Gasteiger partial charge in [0.15, 0.2) is 5.13 Å². The third-order valence-electron chi connectivity index (χ3n) is 4.90. The molecule has 2 aromatic carbocycles. The number of benzene rings is 2. The first-order valence-corrected chi connectivity index (χ1v) is 11.7. The fourth-order valence-electron chi connectivity index (χ4n) is 2.94. The summed E-state index contributed by atoms with van der Waals surface area (Å²) in [5.41, 5.74) is 4.72. The van der Waals surface area contributed by atoms with Gasteiger partial charge in [0, 0.05) is 30.2 Å². The van der Waals surface area contributed by atoms with Crippen LogP contribution in [0.4, 0.5) is 5.13 Å². The summed E-state index contributed by atoms with van der Waals surface area (Å²) in [6, 6.07) is 12.7. The fourth-order valence-corrected chi connectivity index (χ4v) is 4.87. The highest BCUT2D eigenvalue weighted by Crippen LogP contribution is 2.31. The molecule has 0 aliphatic carbocycles. The van der Waals surface area contributed by atoms with Crippen molar-refractivity contribution >= 4 is 56.8 Å². The molecule has 1 amide bonds. The maximum Gasteiger partial charge on any atom is 0.229 e. The van der Waals surface area contributed by atoms with E-state index in [0.29, 0.717) is 13.0 Å². The molecule has 0 radical (unpaired) electrons. The van der Waals surface area contributed by atoms with Crippen LogP contribution in [0.3, 0.4) is 0 Å². The van der Waals surface area contributed by atoms with Crippen LogP contribution in [-0.2, 0) is 4.79 Å². The zero-order valence-corrected chi connectivity index (χ0v) is 20.7. The molecule has 1 aromatic heterocycles. The van der Waals surface area contributed by atoms with Crippen molar-refractivity contribution in [3.63, 3.8) is 0 Å². The SMILES string of the molecule is Cc1ccc(SCCC(=O)N(CCN(C)C)c2nc3cc(C)c(C)cc3s2)cc1.Cl. The second-order valence-corrected chi connectivity index (χ2v) is 9.84. The Bertz CT molecular complexity index is 947. The van der Waals surface area contributed by atoms with Crippen molar-refractivity contribution in [1.29, 1.82) is 0 Å². The van der Waals surface area contributed by atoms with Gasteiger partial charge in [0.2, 0.25) is 5.91 Å². The molecule has 0 saturated carbocycles. The number of amides is 1. The van der Waals surface area contributed by atoms with Gasteiger partial charge in [-0.05, 0) is 70.3 Å². The van der Waals surface area contributed by atoms with E-state index in [1.54, 1.807) is 23.1 Å². The van der Waals surface area contributed by atoms with Gasteiger partial charge in [-0.2, -0.15) is 0 Å². The van der Waals surface area contributed by atoms with Gasteiger partial charge in [-0.1, -0.05) is 29.0 Å². The molecule has 1 heterocycles. The zero-order valence-electron chi connectivity index (χ0n) is 18.3. The molecule has 0 atom stereocenters. The van der Waals surface area contributed by atoms with Crippen LogP contribution in [0.25, 0.3) is 10.2 Å². The van der Waals surface area contributed by atoms with Gasteiger partial charge in [0.1, 0.15) is 0 Å². The van der Waals surface area contributed by atoms with Crippen LogP contribution in [0.5, 0.6) is 0 Å². The number of fused-ring (bicyclic) bond motifs is 1. The number of anilines is 1. The molecule has 0 saturated heterocycles. The van der Waals surface area contributed by atoms with Crippen LogP contribution in [0, 0.1) is 20.8 Å². The highest BCUT2D eigenvalue weighted by atomic mass is 35.5. The number of aromatic nitrogens is 1. The summed E-state index contributed by atoms with van der Waals surface area (Å²) in [5, 5.41) is 0.803. The van der Waals surface area contributed by atoms with Gasteiger partial charge in [-0.15, -0.1) is 24.2 Å². The third kappa shape index (κ3) is 6.45. The predicted octanol–water partition coefficient (Wildman–Crippen LogP) is 5.72. The third-order valence-corrected chi connectivity index (χ3v) is 6.96. The van der Waals surface area contributed by atoms with E-state index in [4.69, 9.17) is 4.98 Å². The number of thiazole rings is 1. The number of thioether (sulfide) groups is 1. The van der Waals surface area contributed by atoms with E-state index < -0.39 is 0 Å². The van der Waals surface area contributed by atoms with Crippen LogP contribution in [-0.4, -0.2) is 48.7 Å². The molecular weight excluding hydrogens is 434 g/mol. The minimum Gasteiger partial charge on any atom is -0.308 e. The summed E-state index contributed by atoms with van der Waals surface area (Å²) >= 11 is 3.34. The molecule has 0 aliphatic heterocycles. The molecular formula is C23H30ClN3OS2. The Balaban J connectivity index is 0.00000320. The normalized spacial score (nSPS) is 11.0. The van der Waals surface area contributed by atoms with Gasteiger partial charge >= 0.3 is 0 Å². The average molecular weight is 464 g/mol. The van der Waals surface area contributed by atoms with Crippen molar-refractivity contribution in [2.24, 2.45) is 0 Å². The van der Waals surface area contributed by atoms with Crippen molar-refractivity contribution in [1.82, 2.24) is 9.88 Å². The van der Waals surface area contributed by atoms with Gasteiger partial charge < -0.3 is 4.90 Å². The minimum absolute atomic E-state index is 0. The molecule has 0 bridgehead atoms. The molecule has 3 aromatic rings. The Kier molecular flexibility index (Phi) is 9.16. The van der Waals surface area contributed by atoms with Crippen molar-refractivity contribution in [3.05, 3.63) is 53.1 Å². The van der Waals surface area contributed by atoms with Crippen molar-refractivity contribution < 1.29 is 4.79 Å². The molecule has 7 heteroatoms.